The van der Waals surface area contributed by atoms with Crippen molar-refractivity contribution in [3.8, 4) is 0 Å². The Morgan fingerprint density at radius 2 is 1.33 bits per heavy atom. The third-order valence-corrected chi connectivity index (χ3v) is 0.500. The molecule has 0 aliphatic carbocycles. The fourth-order valence-corrected chi connectivity index (χ4v) is 0.177. The molecule has 0 fully saturated rings. The van der Waals surface area contributed by atoms with Crippen molar-refractivity contribution in [3.05, 3.63) is 13.8 Å². The molecule has 0 saturated heterocycles. The summed E-state index contributed by atoms with van der Waals surface area (Å²) in [4.78, 5) is 0. The molecule has 0 saturated carbocycles. The molecule has 0 spiro atoms. The average Bonchev–Trinajstić information content (AvgIpc) is 1.41. The van der Waals surface area contributed by atoms with Crippen molar-refractivity contribution in [2.24, 2.45) is 0 Å². The number of hydrogen-bond donors (Lipinski definition) is 0. The van der Waals surface area contributed by atoms with Gasteiger partial charge in [0, 0.05) is 0 Å². The van der Waals surface area contributed by atoms with Crippen LogP contribution in [0.25, 0.3) is 0 Å². The van der Waals surface area contributed by atoms with E-state index < -0.39 is 0 Å². The van der Waals surface area contributed by atoms with E-state index in [4.69, 9.17) is 0 Å². The van der Waals surface area contributed by atoms with Crippen LogP contribution in [0.15, 0.2) is 0 Å². The zero-order chi connectivity index (χ0) is 4.12. The van der Waals surface area contributed by atoms with Crippen LogP contribution in [-0.2, 0) is 0 Å². The summed E-state index contributed by atoms with van der Waals surface area (Å²) in [6, 6.07) is 0. The minimum atomic E-state index is 0. The van der Waals surface area contributed by atoms with Gasteiger partial charge in [-0.3, -0.25) is 0 Å². The minimum Gasteiger partial charge on any atom is -0.343 e. The van der Waals surface area contributed by atoms with Gasteiger partial charge in [-0.15, -0.1) is 6.42 Å². The first-order valence-electron chi connectivity index (χ1n) is 2.00. The molecule has 0 atom stereocenters. The molecule has 0 rings (SSSR count). The second-order valence-electron chi connectivity index (χ2n) is 1.06. The van der Waals surface area contributed by atoms with Crippen LogP contribution in [0.3, 0.4) is 0 Å². The summed E-state index contributed by atoms with van der Waals surface area (Å²) in [7, 11) is 0. The molecule has 1 heteroatoms. The Hall–Kier alpha value is 0.766. The fraction of sp³-hybridized carbons (Fsp3) is 0.600. The first-order chi connectivity index (χ1) is 2.41. The Bertz CT molecular complexity index is 11.4. The van der Waals surface area contributed by atoms with Gasteiger partial charge in [-0.05, 0) is 0 Å². The molecule has 0 bridgehead atoms. The number of unbranched alkanes of at least 4 members (excludes halogenated alkanes) is 2. The van der Waals surface area contributed by atoms with Crippen LogP contribution in [-0.4, -0.2) is 23.1 Å². The Balaban J connectivity index is 0. The maximum absolute atomic E-state index is 3.64. The van der Waals surface area contributed by atoms with Gasteiger partial charge in [0.05, 0.1) is 0 Å². The minimum absolute atomic E-state index is 0. The van der Waals surface area contributed by atoms with Crippen LogP contribution < -0.4 is 0 Å². The molecule has 32 valence electrons. The van der Waals surface area contributed by atoms with Crippen molar-refractivity contribution in [1.82, 2.24) is 0 Å². The van der Waals surface area contributed by atoms with E-state index in [0.29, 0.717) is 0 Å². The van der Waals surface area contributed by atoms with E-state index in [2.05, 4.69) is 13.8 Å². The summed E-state index contributed by atoms with van der Waals surface area (Å²) in [5, 5.41) is 0. The van der Waals surface area contributed by atoms with Gasteiger partial charge in [0.2, 0.25) is 0 Å². The number of hydrogen-bond acceptors (Lipinski definition) is 0. The van der Waals surface area contributed by atoms with Gasteiger partial charge >= 0.3 is 23.1 Å². The molecular weight excluding hydrogens is 84.4 g/mol. The van der Waals surface area contributed by atoms with Gasteiger partial charge in [-0.2, -0.15) is 12.8 Å². The normalized spacial score (nSPS) is 7.00. The van der Waals surface area contributed by atoms with Crippen LogP contribution in [0.5, 0.6) is 0 Å². The van der Waals surface area contributed by atoms with Crippen molar-refractivity contribution >= 4 is 23.1 Å². The third-order valence-electron chi connectivity index (χ3n) is 0.500. The molecule has 0 heterocycles. The van der Waals surface area contributed by atoms with Crippen molar-refractivity contribution < 1.29 is 0 Å². The standard InChI is InChI=1S/C5H10.Mg/c1-3-5-4-2;/h1-5H2;/q-2;+2. The second-order valence-corrected chi connectivity index (χ2v) is 1.06. The summed E-state index contributed by atoms with van der Waals surface area (Å²) < 4.78 is 0. The van der Waals surface area contributed by atoms with E-state index in [0.717, 1.165) is 12.8 Å². The van der Waals surface area contributed by atoms with E-state index in [1.54, 1.807) is 0 Å². The van der Waals surface area contributed by atoms with Crippen molar-refractivity contribution in [2.45, 2.75) is 19.3 Å². The van der Waals surface area contributed by atoms with Gasteiger partial charge in [0.25, 0.3) is 0 Å². The SMILES string of the molecule is [CH2-]CCC[CH2-].[Mg+2]. The third kappa shape index (κ3) is 8.84. The zero-order valence-electron chi connectivity index (χ0n) is 4.24. The van der Waals surface area contributed by atoms with Gasteiger partial charge in [-0.25, -0.2) is 0 Å². The van der Waals surface area contributed by atoms with E-state index in [-0.39, 0.29) is 23.1 Å². The molecule has 0 aromatic heterocycles. The molecule has 0 amide bonds. The van der Waals surface area contributed by atoms with E-state index in [1.807, 2.05) is 0 Å². The van der Waals surface area contributed by atoms with E-state index in [9.17, 15) is 0 Å². The Kier molecular flexibility index (Phi) is 15.2. The number of rotatable bonds is 2. The van der Waals surface area contributed by atoms with Crippen molar-refractivity contribution in [2.75, 3.05) is 0 Å². The molecule has 0 radical (unpaired) electrons. The molecule has 0 aromatic carbocycles. The molecule has 0 N–H and O–H groups in total. The van der Waals surface area contributed by atoms with Crippen LogP contribution in [0.1, 0.15) is 19.3 Å². The van der Waals surface area contributed by atoms with E-state index in [1.165, 1.54) is 6.42 Å². The summed E-state index contributed by atoms with van der Waals surface area (Å²) in [6.45, 7) is 7.27. The molecule has 0 nitrogen and oxygen atoms in total. The van der Waals surface area contributed by atoms with Crippen LogP contribution in [0.2, 0.25) is 0 Å². The predicted octanol–water partition coefficient (Wildman–Crippen LogP) is 1.44. The topological polar surface area (TPSA) is 0 Å². The van der Waals surface area contributed by atoms with Crippen LogP contribution in [0.4, 0.5) is 0 Å². The molecular formula is C5H10Mg. The maximum Gasteiger partial charge on any atom is 2.00 e. The summed E-state index contributed by atoms with van der Waals surface area (Å²) >= 11 is 0. The average molecular weight is 94.4 g/mol. The van der Waals surface area contributed by atoms with Crippen LogP contribution in [0, 0.1) is 13.8 Å². The Morgan fingerprint density at radius 1 is 1.00 bits per heavy atom. The second kappa shape index (κ2) is 9.23. The zero-order valence-corrected chi connectivity index (χ0v) is 5.66. The summed E-state index contributed by atoms with van der Waals surface area (Å²) in [5.41, 5.74) is 0. The molecule has 0 aliphatic heterocycles. The Morgan fingerprint density at radius 3 is 1.33 bits per heavy atom. The van der Waals surface area contributed by atoms with Gasteiger partial charge in [0.15, 0.2) is 0 Å². The van der Waals surface area contributed by atoms with Gasteiger partial charge < -0.3 is 13.8 Å². The quantitative estimate of drug-likeness (QED) is 0.359. The van der Waals surface area contributed by atoms with Crippen molar-refractivity contribution in [1.29, 1.82) is 0 Å². The molecule has 6 heavy (non-hydrogen) atoms. The molecule has 0 aromatic rings. The van der Waals surface area contributed by atoms with Gasteiger partial charge in [-0.1, -0.05) is 0 Å². The smallest absolute Gasteiger partial charge is 0.343 e. The first-order valence-corrected chi connectivity index (χ1v) is 2.00. The Labute approximate surface area is 56.5 Å². The monoisotopic (exact) mass is 94.1 g/mol. The van der Waals surface area contributed by atoms with Crippen molar-refractivity contribution in [3.63, 3.8) is 0 Å². The fourth-order valence-electron chi connectivity index (χ4n) is 0.177. The molecule has 0 aliphatic rings. The summed E-state index contributed by atoms with van der Waals surface area (Å²) in [6.07, 6.45) is 3.23. The predicted molar refractivity (Wildman–Crippen MR) is 30.3 cm³/mol. The van der Waals surface area contributed by atoms with Crippen LogP contribution >= 0.6 is 0 Å². The first kappa shape index (κ1) is 9.90. The molecule has 0 unspecified atom stereocenters. The maximum atomic E-state index is 3.64. The van der Waals surface area contributed by atoms with Gasteiger partial charge in [0.1, 0.15) is 0 Å². The van der Waals surface area contributed by atoms with E-state index >= 15 is 0 Å². The summed E-state index contributed by atoms with van der Waals surface area (Å²) in [5.74, 6) is 0. The largest absolute Gasteiger partial charge is 2.00 e.